The number of hydrogen-bond donors (Lipinski definition) is 3. The first-order chi connectivity index (χ1) is 7.83. The van der Waals surface area contributed by atoms with Gasteiger partial charge in [-0.2, -0.15) is 0 Å². The van der Waals surface area contributed by atoms with Crippen LogP contribution < -0.4 is 16.0 Å². The number of pyridine rings is 1. The second-order valence-electron chi connectivity index (χ2n) is 3.38. The molecule has 96 valence electrons. The number of nitrogens with zero attached hydrogens (tertiary/aromatic N) is 1. The second-order valence-corrected chi connectivity index (χ2v) is 3.38. The topological polar surface area (TPSA) is 66.1 Å². The van der Waals surface area contributed by atoms with Crippen LogP contribution in [0.5, 0.6) is 0 Å². The lowest BCUT2D eigenvalue weighted by Crippen LogP contribution is -2.33. The summed E-state index contributed by atoms with van der Waals surface area (Å²) in [5.41, 5.74) is 0. The Morgan fingerprint density at radius 3 is 2.82 bits per heavy atom. The third-order valence-corrected chi connectivity index (χ3v) is 1.98. The van der Waals surface area contributed by atoms with Crippen LogP contribution in [0.2, 0.25) is 0 Å². The summed E-state index contributed by atoms with van der Waals surface area (Å²) < 4.78 is 0. The lowest BCUT2D eigenvalue weighted by atomic mass is 10.4. The summed E-state index contributed by atoms with van der Waals surface area (Å²) in [6.45, 7) is 1.85. The second kappa shape index (κ2) is 9.86. The van der Waals surface area contributed by atoms with Gasteiger partial charge in [0.2, 0.25) is 5.91 Å². The number of amides is 1. The first-order valence-electron chi connectivity index (χ1n) is 5.39. The molecular formula is C11H19ClN4O. The van der Waals surface area contributed by atoms with Gasteiger partial charge in [-0.15, -0.1) is 12.4 Å². The van der Waals surface area contributed by atoms with E-state index in [2.05, 4.69) is 20.9 Å². The summed E-state index contributed by atoms with van der Waals surface area (Å²) >= 11 is 0. The average Bonchev–Trinajstić information content (AvgIpc) is 2.30. The number of hydrogen-bond acceptors (Lipinski definition) is 4. The summed E-state index contributed by atoms with van der Waals surface area (Å²) in [5, 5.41) is 8.78. The van der Waals surface area contributed by atoms with E-state index in [1.807, 2.05) is 18.2 Å². The maximum absolute atomic E-state index is 11.1. The molecule has 0 spiro atoms. The summed E-state index contributed by atoms with van der Waals surface area (Å²) in [5.74, 6) is 0.893. The maximum Gasteiger partial charge on any atom is 0.233 e. The lowest BCUT2D eigenvalue weighted by Gasteiger charge is -2.06. The van der Waals surface area contributed by atoms with Crippen molar-refractivity contribution in [2.45, 2.75) is 6.42 Å². The smallest absolute Gasteiger partial charge is 0.233 e. The zero-order valence-corrected chi connectivity index (χ0v) is 10.7. The quantitative estimate of drug-likeness (QED) is 0.628. The third-order valence-electron chi connectivity index (χ3n) is 1.98. The Kier molecular flexibility index (Phi) is 9.09. The van der Waals surface area contributed by atoms with Gasteiger partial charge in [0, 0.05) is 19.3 Å². The van der Waals surface area contributed by atoms with E-state index in [1.54, 1.807) is 13.2 Å². The largest absolute Gasteiger partial charge is 0.370 e. The van der Waals surface area contributed by atoms with E-state index in [0.29, 0.717) is 13.1 Å². The summed E-state index contributed by atoms with van der Waals surface area (Å²) in [6, 6.07) is 5.73. The van der Waals surface area contributed by atoms with Crippen LogP contribution in [0.25, 0.3) is 0 Å². The van der Waals surface area contributed by atoms with Crippen molar-refractivity contribution < 1.29 is 4.79 Å². The Balaban J connectivity index is 0.00000256. The molecule has 0 aliphatic rings. The Bertz CT molecular complexity index is 308. The SMILES string of the molecule is CNCC(=O)NCCCNc1ccccn1.Cl. The standard InChI is InChI=1S/C11H18N4O.ClH/c1-12-9-11(16)15-8-4-7-14-10-5-2-3-6-13-10;/h2-3,5-6,12H,4,7-9H2,1H3,(H,13,14)(H,15,16);1H. The highest BCUT2D eigenvalue weighted by atomic mass is 35.5. The molecule has 0 aromatic carbocycles. The van der Waals surface area contributed by atoms with Crippen molar-refractivity contribution >= 4 is 24.1 Å². The van der Waals surface area contributed by atoms with Crippen LogP contribution in [-0.4, -0.2) is 37.6 Å². The van der Waals surface area contributed by atoms with Gasteiger partial charge in [-0.25, -0.2) is 4.98 Å². The van der Waals surface area contributed by atoms with Crippen LogP contribution in [0.1, 0.15) is 6.42 Å². The summed E-state index contributed by atoms with van der Waals surface area (Å²) in [4.78, 5) is 15.2. The molecule has 0 radical (unpaired) electrons. The normalized spacial score (nSPS) is 9.24. The molecule has 0 saturated heterocycles. The van der Waals surface area contributed by atoms with Crippen LogP contribution in [0, 0.1) is 0 Å². The number of anilines is 1. The fourth-order valence-electron chi connectivity index (χ4n) is 1.22. The summed E-state index contributed by atoms with van der Waals surface area (Å²) in [6.07, 6.45) is 2.63. The van der Waals surface area contributed by atoms with E-state index >= 15 is 0 Å². The zero-order chi connectivity index (χ0) is 11.6. The monoisotopic (exact) mass is 258 g/mol. The third kappa shape index (κ3) is 7.54. The average molecular weight is 259 g/mol. The van der Waals surface area contributed by atoms with Gasteiger partial charge in [-0.1, -0.05) is 6.07 Å². The van der Waals surface area contributed by atoms with Crippen molar-refractivity contribution in [2.75, 3.05) is 32.0 Å². The van der Waals surface area contributed by atoms with Gasteiger partial charge >= 0.3 is 0 Å². The van der Waals surface area contributed by atoms with Crippen molar-refractivity contribution in [3.8, 4) is 0 Å². The van der Waals surface area contributed by atoms with Gasteiger partial charge in [0.15, 0.2) is 0 Å². The van der Waals surface area contributed by atoms with Gasteiger partial charge < -0.3 is 16.0 Å². The Morgan fingerprint density at radius 2 is 2.18 bits per heavy atom. The molecule has 1 amide bonds. The van der Waals surface area contributed by atoms with E-state index < -0.39 is 0 Å². The molecule has 0 atom stereocenters. The number of rotatable bonds is 7. The van der Waals surface area contributed by atoms with Crippen LogP contribution in [0.15, 0.2) is 24.4 Å². The molecule has 0 fully saturated rings. The summed E-state index contributed by atoms with van der Waals surface area (Å²) in [7, 11) is 1.75. The highest BCUT2D eigenvalue weighted by Gasteiger charge is 1.97. The van der Waals surface area contributed by atoms with Gasteiger partial charge in [-0.3, -0.25) is 4.79 Å². The maximum atomic E-state index is 11.1. The first-order valence-corrected chi connectivity index (χ1v) is 5.39. The van der Waals surface area contributed by atoms with Gasteiger partial charge in [0.1, 0.15) is 5.82 Å². The number of carbonyl (C=O) groups excluding carboxylic acids is 1. The Labute approximate surface area is 108 Å². The van der Waals surface area contributed by atoms with Crippen molar-refractivity contribution in [1.29, 1.82) is 0 Å². The number of halogens is 1. The molecule has 0 aliphatic heterocycles. The predicted octanol–water partition coefficient (Wildman–Crippen LogP) is 0.641. The fraction of sp³-hybridized carbons (Fsp3) is 0.455. The lowest BCUT2D eigenvalue weighted by molar-refractivity contribution is -0.120. The molecule has 0 bridgehead atoms. The number of carbonyl (C=O) groups is 1. The molecule has 1 heterocycles. The Hall–Kier alpha value is -1.33. The first kappa shape index (κ1) is 15.7. The molecular weight excluding hydrogens is 240 g/mol. The van der Waals surface area contributed by atoms with E-state index in [-0.39, 0.29) is 18.3 Å². The van der Waals surface area contributed by atoms with E-state index in [1.165, 1.54) is 0 Å². The van der Waals surface area contributed by atoms with Gasteiger partial charge in [0.05, 0.1) is 6.54 Å². The minimum absolute atomic E-state index is 0. The molecule has 0 unspecified atom stereocenters. The molecule has 1 rings (SSSR count). The minimum Gasteiger partial charge on any atom is -0.370 e. The predicted molar refractivity (Wildman–Crippen MR) is 71.5 cm³/mol. The van der Waals surface area contributed by atoms with Crippen molar-refractivity contribution in [3.05, 3.63) is 24.4 Å². The van der Waals surface area contributed by atoms with Crippen LogP contribution >= 0.6 is 12.4 Å². The van der Waals surface area contributed by atoms with E-state index in [0.717, 1.165) is 18.8 Å². The van der Waals surface area contributed by atoms with Gasteiger partial charge in [-0.05, 0) is 25.6 Å². The number of aromatic nitrogens is 1. The van der Waals surface area contributed by atoms with Gasteiger partial charge in [0.25, 0.3) is 0 Å². The minimum atomic E-state index is 0. The van der Waals surface area contributed by atoms with Crippen molar-refractivity contribution in [3.63, 3.8) is 0 Å². The van der Waals surface area contributed by atoms with Crippen molar-refractivity contribution in [2.24, 2.45) is 0 Å². The number of likely N-dealkylation sites (N-methyl/N-ethyl adjacent to an activating group) is 1. The van der Waals surface area contributed by atoms with Crippen LogP contribution in [0.3, 0.4) is 0 Å². The van der Waals surface area contributed by atoms with E-state index in [9.17, 15) is 4.79 Å². The zero-order valence-electron chi connectivity index (χ0n) is 9.90. The number of nitrogens with one attached hydrogen (secondary N) is 3. The highest BCUT2D eigenvalue weighted by molar-refractivity contribution is 5.85. The van der Waals surface area contributed by atoms with Crippen LogP contribution in [-0.2, 0) is 4.79 Å². The molecule has 5 nitrogen and oxygen atoms in total. The Morgan fingerprint density at radius 1 is 1.35 bits per heavy atom. The fourth-order valence-corrected chi connectivity index (χ4v) is 1.22. The molecule has 17 heavy (non-hydrogen) atoms. The molecule has 3 N–H and O–H groups in total. The van der Waals surface area contributed by atoms with E-state index in [4.69, 9.17) is 0 Å². The highest BCUT2D eigenvalue weighted by Crippen LogP contribution is 1.98. The molecule has 1 aromatic rings. The molecule has 0 aliphatic carbocycles. The molecule has 0 saturated carbocycles. The molecule has 6 heteroatoms. The van der Waals surface area contributed by atoms with Crippen molar-refractivity contribution in [1.82, 2.24) is 15.6 Å². The molecule has 1 aromatic heterocycles. The van der Waals surface area contributed by atoms with Crippen LogP contribution in [0.4, 0.5) is 5.82 Å².